The van der Waals surface area contributed by atoms with Gasteiger partial charge in [-0.3, -0.25) is 4.79 Å². The summed E-state index contributed by atoms with van der Waals surface area (Å²) in [7, 11) is 0. The average Bonchev–Trinajstić information content (AvgIpc) is 2.73. The van der Waals surface area contributed by atoms with Crippen molar-refractivity contribution >= 4 is 22.2 Å². The van der Waals surface area contributed by atoms with Crippen molar-refractivity contribution in [1.29, 1.82) is 5.26 Å². The number of nitriles is 1. The van der Waals surface area contributed by atoms with Crippen LogP contribution in [0.25, 0.3) is 0 Å². The number of nitrogens with two attached hydrogens (primary N) is 1. The maximum absolute atomic E-state index is 12.3. The van der Waals surface area contributed by atoms with Crippen LogP contribution in [0.1, 0.15) is 41.7 Å². The molecule has 3 N–H and O–H groups in total. The van der Waals surface area contributed by atoms with E-state index in [2.05, 4.69) is 11.4 Å². The highest BCUT2D eigenvalue weighted by Crippen LogP contribution is 2.34. The number of rotatable bonds is 3. The first-order chi connectivity index (χ1) is 9.56. The van der Waals surface area contributed by atoms with Gasteiger partial charge in [-0.15, -0.1) is 11.3 Å². The van der Waals surface area contributed by atoms with Gasteiger partial charge in [-0.25, -0.2) is 0 Å². The molecule has 0 spiro atoms. The van der Waals surface area contributed by atoms with E-state index < -0.39 is 0 Å². The van der Waals surface area contributed by atoms with Gasteiger partial charge in [-0.05, 0) is 57.6 Å². The topological polar surface area (TPSA) is 78.9 Å². The van der Waals surface area contributed by atoms with Crippen LogP contribution in [0.3, 0.4) is 0 Å². The van der Waals surface area contributed by atoms with Gasteiger partial charge in [0.05, 0.1) is 5.56 Å². The summed E-state index contributed by atoms with van der Waals surface area (Å²) in [5, 5.41) is 12.8. The smallest absolute Gasteiger partial charge is 0.228 e. The van der Waals surface area contributed by atoms with Crippen molar-refractivity contribution in [2.24, 2.45) is 17.6 Å². The summed E-state index contributed by atoms with van der Waals surface area (Å²) >= 11 is 1.49. The molecule has 0 saturated heterocycles. The molecular formula is C15H21N3OS. The minimum absolute atomic E-state index is 0.0539. The Morgan fingerprint density at radius 1 is 1.40 bits per heavy atom. The van der Waals surface area contributed by atoms with Gasteiger partial charge in [0, 0.05) is 10.8 Å². The lowest BCUT2D eigenvalue weighted by atomic mass is 9.81. The fourth-order valence-electron chi connectivity index (χ4n) is 2.72. The molecule has 1 aliphatic rings. The van der Waals surface area contributed by atoms with E-state index in [9.17, 15) is 10.1 Å². The van der Waals surface area contributed by atoms with Crippen LogP contribution in [-0.2, 0) is 4.79 Å². The Labute approximate surface area is 124 Å². The third-order valence-corrected chi connectivity index (χ3v) is 5.41. The summed E-state index contributed by atoms with van der Waals surface area (Å²) in [4.78, 5) is 13.4. The quantitative estimate of drug-likeness (QED) is 0.898. The zero-order chi connectivity index (χ0) is 14.7. The lowest BCUT2D eigenvalue weighted by Crippen LogP contribution is -2.29. The van der Waals surface area contributed by atoms with Crippen LogP contribution in [0.5, 0.6) is 0 Å². The molecule has 1 aromatic heterocycles. The van der Waals surface area contributed by atoms with Crippen LogP contribution in [0.2, 0.25) is 0 Å². The van der Waals surface area contributed by atoms with Crippen LogP contribution in [0.4, 0.5) is 5.00 Å². The Kier molecular flexibility index (Phi) is 4.79. The SMILES string of the molecule is Cc1sc(NC(=O)C2CCC(CN)CC2)c(C#N)c1C. The predicted molar refractivity (Wildman–Crippen MR) is 81.6 cm³/mol. The number of anilines is 1. The van der Waals surface area contributed by atoms with Crippen molar-refractivity contribution in [3.63, 3.8) is 0 Å². The van der Waals surface area contributed by atoms with Crippen LogP contribution >= 0.6 is 11.3 Å². The molecule has 4 nitrogen and oxygen atoms in total. The lowest BCUT2D eigenvalue weighted by molar-refractivity contribution is -0.121. The predicted octanol–water partition coefficient (Wildman–Crippen LogP) is 2.94. The number of nitrogens with one attached hydrogen (secondary N) is 1. The van der Waals surface area contributed by atoms with E-state index in [1.165, 1.54) is 11.3 Å². The van der Waals surface area contributed by atoms with Gasteiger partial charge < -0.3 is 11.1 Å². The third kappa shape index (κ3) is 3.02. The molecule has 0 radical (unpaired) electrons. The molecule has 1 aromatic rings. The zero-order valence-electron chi connectivity index (χ0n) is 12.0. The Hall–Kier alpha value is -1.38. The zero-order valence-corrected chi connectivity index (χ0v) is 12.8. The minimum Gasteiger partial charge on any atom is -0.330 e. The van der Waals surface area contributed by atoms with E-state index in [-0.39, 0.29) is 11.8 Å². The molecular weight excluding hydrogens is 270 g/mol. The number of aryl methyl sites for hydroxylation is 1. The summed E-state index contributed by atoms with van der Waals surface area (Å²) in [6, 6.07) is 2.19. The minimum atomic E-state index is 0.0539. The van der Waals surface area contributed by atoms with Crippen LogP contribution in [0, 0.1) is 37.0 Å². The number of nitrogens with zero attached hydrogens (tertiary/aromatic N) is 1. The molecule has 1 amide bonds. The van der Waals surface area contributed by atoms with Gasteiger partial charge in [0.1, 0.15) is 11.1 Å². The van der Waals surface area contributed by atoms with Crippen molar-refractivity contribution in [1.82, 2.24) is 0 Å². The highest BCUT2D eigenvalue weighted by molar-refractivity contribution is 7.16. The Balaban J connectivity index is 2.02. The summed E-state index contributed by atoms with van der Waals surface area (Å²) in [5.41, 5.74) is 7.25. The van der Waals surface area contributed by atoms with Gasteiger partial charge in [0.25, 0.3) is 0 Å². The van der Waals surface area contributed by atoms with Gasteiger partial charge >= 0.3 is 0 Å². The van der Waals surface area contributed by atoms with Crippen molar-refractivity contribution in [3.8, 4) is 6.07 Å². The largest absolute Gasteiger partial charge is 0.330 e. The molecule has 1 saturated carbocycles. The molecule has 1 aliphatic carbocycles. The highest BCUT2D eigenvalue weighted by atomic mass is 32.1. The van der Waals surface area contributed by atoms with E-state index in [4.69, 9.17) is 5.73 Å². The van der Waals surface area contributed by atoms with Crippen LogP contribution in [0.15, 0.2) is 0 Å². The van der Waals surface area contributed by atoms with Crippen molar-refractivity contribution in [2.45, 2.75) is 39.5 Å². The second-order valence-corrected chi connectivity index (χ2v) is 6.77. The standard InChI is InChI=1S/C15H21N3OS/c1-9-10(2)20-15(13(9)8-17)18-14(19)12-5-3-11(7-16)4-6-12/h11-12H,3-7,16H2,1-2H3,(H,18,19). The lowest BCUT2D eigenvalue weighted by Gasteiger charge is -2.26. The van der Waals surface area contributed by atoms with Gasteiger partial charge in [-0.2, -0.15) is 5.26 Å². The molecule has 108 valence electrons. The Morgan fingerprint density at radius 3 is 2.60 bits per heavy atom. The van der Waals surface area contributed by atoms with Crippen molar-refractivity contribution in [3.05, 3.63) is 16.0 Å². The van der Waals surface area contributed by atoms with Gasteiger partial charge in [-0.1, -0.05) is 0 Å². The van der Waals surface area contributed by atoms with Crippen molar-refractivity contribution < 1.29 is 4.79 Å². The normalized spacial score (nSPS) is 22.3. The Bertz CT molecular complexity index is 536. The molecule has 0 unspecified atom stereocenters. The van der Waals surface area contributed by atoms with E-state index in [1.54, 1.807) is 0 Å². The molecule has 0 bridgehead atoms. The summed E-state index contributed by atoms with van der Waals surface area (Å²) in [5.74, 6) is 0.685. The number of hydrogen-bond donors (Lipinski definition) is 2. The summed E-state index contributed by atoms with van der Waals surface area (Å²) in [6.45, 7) is 4.62. The number of thiophene rings is 1. The summed E-state index contributed by atoms with van der Waals surface area (Å²) in [6.07, 6.45) is 3.86. The van der Waals surface area contributed by atoms with Crippen LogP contribution < -0.4 is 11.1 Å². The van der Waals surface area contributed by atoms with Crippen molar-refractivity contribution in [2.75, 3.05) is 11.9 Å². The molecule has 0 atom stereocenters. The van der Waals surface area contributed by atoms with E-state index in [0.717, 1.165) is 42.7 Å². The third-order valence-electron chi connectivity index (χ3n) is 4.28. The Morgan fingerprint density at radius 2 is 2.05 bits per heavy atom. The maximum atomic E-state index is 12.3. The van der Waals surface area contributed by atoms with E-state index in [1.807, 2.05) is 13.8 Å². The number of hydrogen-bond acceptors (Lipinski definition) is 4. The summed E-state index contributed by atoms with van der Waals surface area (Å²) < 4.78 is 0. The van der Waals surface area contributed by atoms with E-state index >= 15 is 0 Å². The first-order valence-corrected chi connectivity index (χ1v) is 7.89. The molecule has 20 heavy (non-hydrogen) atoms. The van der Waals surface area contributed by atoms with Crippen LogP contribution in [-0.4, -0.2) is 12.5 Å². The fourth-order valence-corrected chi connectivity index (χ4v) is 3.74. The molecule has 1 heterocycles. The van der Waals surface area contributed by atoms with Gasteiger partial charge in [0.2, 0.25) is 5.91 Å². The molecule has 0 aromatic carbocycles. The van der Waals surface area contributed by atoms with Gasteiger partial charge in [0.15, 0.2) is 0 Å². The molecule has 0 aliphatic heterocycles. The second-order valence-electron chi connectivity index (χ2n) is 5.54. The monoisotopic (exact) mass is 291 g/mol. The first-order valence-electron chi connectivity index (χ1n) is 7.07. The molecule has 1 fully saturated rings. The molecule has 2 rings (SSSR count). The second kappa shape index (κ2) is 6.38. The number of amides is 1. The number of carbonyl (C=O) groups is 1. The number of carbonyl (C=O) groups excluding carboxylic acids is 1. The highest BCUT2D eigenvalue weighted by Gasteiger charge is 2.26. The first kappa shape index (κ1) is 15.0. The average molecular weight is 291 g/mol. The molecule has 5 heteroatoms. The maximum Gasteiger partial charge on any atom is 0.228 e. The fraction of sp³-hybridized carbons (Fsp3) is 0.600. The van der Waals surface area contributed by atoms with E-state index in [0.29, 0.717) is 16.5 Å².